The van der Waals surface area contributed by atoms with E-state index < -0.39 is 14.8 Å². The lowest BCUT2D eigenvalue weighted by molar-refractivity contribution is 0.0827. The van der Waals surface area contributed by atoms with Crippen LogP contribution < -0.4 is 4.74 Å². The molecule has 2 aromatic carbocycles. The first-order valence-electron chi connectivity index (χ1n) is 14.3. The van der Waals surface area contributed by atoms with Crippen LogP contribution in [0.2, 0.25) is 0 Å². The van der Waals surface area contributed by atoms with Crippen molar-refractivity contribution in [3.05, 3.63) is 101 Å². The molecule has 1 aliphatic heterocycles. The molecule has 0 spiro atoms. The van der Waals surface area contributed by atoms with Crippen LogP contribution in [0.25, 0.3) is 27.7 Å². The average Bonchev–Trinajstić information content (AvgIpc) is 3.40. The van der Waals surface area contributed by atoms with Gasteiger partial charge in [-0.15, -0.1) is 0 Å². The van der Waals surface area contributed by atoms with Crippen LogP contribution in [0.1, 0.15) is 40.4 Å². The number of ether oxygens (including phenoxy) is 1. The number of aromatic nitrogens is 2. The number of nitrogens with zero attached hydrogens (tertiary/aromatic N) is 4. The molecule has 0 saturated carbocycles. The van der Waals surface area contributed by atoms with Gasteiger partial charge in [-0.2, -0.15) is 0 Å². The minimum Gasteiger partial charge on any atom is -0.496 e. The van der Waals surface area contributed by atoms with Crippen LogP contribution in [0.4, 0.5) is 0 Å². The van der Waals surface area contributed by atoms with E-state index in [0.29, 0.717) is 17.6 Å². The Morgan fingerprint density at radius 1 is 1.09 bits per heavy atom. The third-order valence-electron chi connectivity index (χ3n) is 8.56. The summed E-state index contributed by atoms with van der Waals surface area (Å²) in [6.07, 6.45) is 10.3. The van der Waals surface area contributed by atoms with E-state index in [0.717, 1.165) is 52.9 Å². The second-order valence-electron chi connectivity index (χ2n) is 11.8. The Labute approximate surface area is 253 Å². The van der Waals surface area contributed by atoms with E-state index in [9.17, 15) is 13.2 Å². The number of benzene rings is 2. The van der Waals surface area contributed by atoms with Gasteiger partial charge in [-0.3, -0.25) is 4.79 Å². The highest BCUT2D eigenvalue weighted by Crippen LogP contribution is 2.40. The Morgan fingerprint density at radius 2 is 1.86 bits per heavy atom. The third kappa shape index (κ3) is 4.96. The van der Waals surface area contributed by atoms with Gasteiger partial charge in [-0.1, -0.05) is 36.4 Å². The van der Waals surface area contributed by atoms with Crippen molar-refractivity contribution in [2.24, 2.45) is 0 Å². The van der Waals surface area contributed by atoms with Crippen molar-refractivity contribution in [2.45, 2.75) is 31.1 Å². The van der Waals surface area contributed by atoms with E-state index >= 15 is 0 Å². The van der Waals surface area contributed by atoms with Crippen molar-refractivity contribution in [3.8, 4) is 16.9 Å². The van der Waals surface area contributed by atoms with E-state index in [1.165, 1.54) is 20.0 Å². The van der Waals surface area contributed by atoms with Gasteiger partial charge in [0.15, 0.2) is 5.65 Å². The monoisotopic (exact) mass is 596 g/mol. The number of allylic oxidation sites excluding steroid dienone is 3. The largest absolute Gasteiger partial charge is 0.496 e. The van der Waals surface area contributed by atoms with Gasteiger partial charge in [0.05, 0.1) is 7.11 Å². The molecule has 1 atom stereocenters. The molecule has 0 saturated heterocycles. The summed E-state index contributed by atoms with van der Waals surface area (Å²) in [7, 11) is 3.25. The van der Waals surface area contributed by atoms with Crippen molar-refractivity contribution >= 4 is 32.5 Å². The maximum atomic E-state index is 14.5. The highest BCUT2D eigenvalue weighted by Gasteiger charge is 2.41. The van der Waals surface area contributed by atoms with Crippen LogP contribution in [0.3, 0.4) is 0 Å². The Hall–Kier alpha value is -4.21. The highest BCUT2D eigenvalue weighted by molar-refractivity contribution is 7.91. The van der Waals surface area contributed by atoms with Gasteiger partial charge < -0.3 is 14.5 Å². The molecule has 9 heteroatoms. The number of carbonyl (C=O) groups excluding carboxylic acids is 1. The fourth-order valence-electron chi connectivity index (χ4n) is 6.05. The number of carbonyl (C=O) groups is 1. The lowest BCUT2D eigenvalue weighted by Crippen LogP contribution is -2.38. The van der Waals surface area contributed by atoms with Gasteiger partial charge in [0, 0.05) is 61.7 Å². The quantitative estimate of drug-likeness (QED) is 0.297. The number of hydrogen-bond donors (Lipinski definition) is 0. The van der Waals surface area contributed by atoms with Crippen molar-refractivity contribution in [1.82, 2.24) is 18.8 Å². The summed E-state index contributed by atoms with van der Waals surface area (Å²) in [5.74, 6) is 0.731. The lowest BCUT2D eigenvalue weighted by atomic mass is 9.89. The molecule has 0 radical (unpaired) electrons. The minimum atomic E-state index is -3.96. The zero-order valence-corrected chi connectivity index (χ0v) is 26.0. The highest BCUT2D eigenvalue weighted by atomic mass is 32.2. The maximum absolute atomic E-state index is 14.5. The Morgan fingerprint density at radius 3 is 2.58 bits per heavy atom. The molecule has 2 aliphatic rings. The van der Waals surface area contributed by atoms with E-state index in [2.05, 4.69) is 23.0 Å². The number of rotatable bonds is 6. The molecular formula is C34H36N4O4S. The summed E-state index contributed by atoms with van der Waals surface area (Å²) < 4.78 is 34.9. The fourth-order valence-corrected chi connectivity index (χ4v) is 7.70. The number of likely N-dealkylation sites (N-methyl/N-ethyl adjacent to an activating group) is 1. The molecule has 1 amide bonds. The first-order chi connectivity index (χ1) is 20.5. The summed E-state index contributed by atoms with van der Waals surface area (Å²) >= 11 is 0. The van der Waals surface area contributed by atoms with Gasteiger partial charge in [0.25, 0.3) is 5.91 Å². The topological polar surface area (TPSA) is 84.7 Å². The van der Waals surface area contributed by atoms with E-state index in [-0.39, 0.29) is 5.91 Å². The molecule has 8 nitrogen and oxygen atoms in total. The summed E-state index contributed by atoms with van der Waals surface area (Å²) in [6.45, 7) is 3.56. The van der Waals surface area contributed by atoms with Crippen LogP contribution in [-0.2, 0) is 23.0 Å². The third-order valence-corrected chi connectivity index (χ3v) is 10.8. The molecular weight excluding hydrogens is 560 g/mol. The molecule has 43 heavy (non-hydrogen) atoms. The van der Waals surface area contributed by atoms with Gasteiger partial charge in [-0.25, -0.2) is 17.4 Å². The van der Waals surface area contributed by atoms with Crippen LogP contribution in [0, 0.1) is 0 Å². The Balaban J connectivity index is 1.42. The molecule has 222 valence electrons. The normalized spacial score (nSPS) is 18.8. The van der Waals surface area contributed by atoms with Crippen molar-refractivity contribution in [1.29, 1.82) is 0 Å². The zero-order chi connectivity index (χ0) is 30.5. The van der Waals surface area contributed by atoms with E-state index in [1.807, 2.05) is 42.5 Å². The van der Waals surface area contributed by atoms with E-state index in [1.54, 1.807) is 58.7 Å². The second kappa shape index (κ2) is 10.8. The molecule has 1 aliphatic carbocycles. The molecule has 3 heterocycles. The van der Waals surface area contributed by atoms with Gasteiger partial charge in [-0.05, 0) is 79.4 Å². The number of pyridine rings is 1. The van der Waals surface area contributed by atoms with Crippen molar-refractivity contribution in [2.75, 3.05) is 34.8 Å². The fraction of sp³-hybridized carbons (Fsp3) is 0.294. The summed E-state index contributed by atoms with van der Waals surface area (Å²) in [5, 5.41) is 0.723. The predicted molar refractivity (Wildman–Crippen MR) is 171 cm³/mol. The lowest BCUT2D eigenvalue weighted by Gasteiger charge is -2.30. The van der Waals surface area contributed by atoms with Gasteiger partial charge in [0.1, 0.15) is 10.5 Å². The summed E-state index contributed by atoms with van der Waals surface area (Å²) in [6, 6.07) is 15.1. The minimum absolute atomic E-state index is 0.0945. The summed E-state index contributed by atoms with van der Waals surface area (Å²) in [5.41, 5.74) is 6.69. The first kappa shape index (κ1) is 28.9. The SMILES string of the molecule is COc1cc(C2=CC(C)(S(=O)(=O)n3cc(-c4ccc(C(=O)N(C)C)cc4)c4cccnc43)CC=C2)cc2c1CN(C)CC2. The summed E-state index contributed by atoms with van der Waals surface area (Å²) in [4.78, 5) is 20.7. The molecule has 0 bridgehead atoms. The second-order valence-corrected chi connectivity index (χ2v) is 14.1. The number of fused-ring (bicyclic) bond motifs is 2. The molecule has 2 aromatic heterocycles. The molecule has 0 fully saturated rings. The van der Waals surface area contributed by atoms with Crippen molar-refractivity contribution < 1.29 is 17.9 Å². The number of hydrogen-bond acceptors (Lipinski definition) is 6. The van der Waals surface area contributed by atoms with Gasteiger partial charge in [0.2, 0.25) is 10.0 Å². The molecule has 0 N–H and O–H groups in total. The number of methoxy groups -OCH3 is 1. The Kier molecular flexibility index (Phi) is 7.26. The van der Waals surface area contributed by atoms with Crippen LogP contribution in [0.15, 0.2) is 79.2 Å². The standard InChI is InChI=1S/C34H36N4O4S/c1-34(15-6-8-26(20-34)27-18-25-14-17-37(4)21-30(25)31(19-27)42-5)43(40,41)38-22-29(28-9-7-16-35-32(28)38)23-10-12-24(13-11-23)33(39)36(2)3/h6-13,16,18-20,22H,14-15,17,21H2,1-5H3. The average molecular weight is 597 g/mol. The maximum Gasteiger partial charge on any atom is 0.253 e. The number of amides is 1. The zero-order valence-electron chi connectivity index (χ0n) is 25.2. The molecule has 1 unspecified atom stereocenters. The van der Waals surface area contributed by atoms with Gasteiger partial charge >= 0.3 is 0 Å². The Bertz CT molecular complexity index is 1890. The van der Waals surface area contributed by atoms with Crippen LogP contribution >= 0.6 is 0 Å². The molecule has 4 aromatic rings. The van der Waals surface area contributed by atoms with Crippen molar-refractivity contribution in [3.63, 3.8) is 0 Å². The molecule has 6 rings (SSSR count). The van der Waals surface area contributed by atoms with Crippen LogP contribution in [0.5, 0.6) is 5.75 Å². The van der Waals surface area contributed by atoms with Crippen LogP contribution in [-0.4, -0.2) is 72.6 Å². The predicted octanol–water partition coefficient (Wildman–Crippen LogP) is 5.38. The first-order valence-corrected chi connectivity index (χ1v) is 15.8. The smallest absolute Gasteiger partial charge is 0.253 e. The van der Waals surface area contributed by atoms with E-state index in [4.69, 9.17) is 4.74 Å².